The van der Waals surface area contributed by atoms with Crippen LogP contribution in [0.4, 0.5) is 4.39 Å². The fourth-order valence-electron chi connectivity index (χ4n) is 3.34. The number of rotatable bonds is 6. The van der Waals surface area contributed by atoms with Gasteiger partial charge in [-0.2, -0.15) is 0 Å². The highest BCUT2D eigenvalue weighted by atomic mass is 19.1. The van der Waals surface area contributed by atoms with E-state index in [4.69, 9.17) is 11.2 Å². The van der Waals surface area contributed by atoms with Crippen molar-refractivity contribution < 1.29 is 9.13 Å². The maximum absolute atomic E-state index is 13.8. The van der Waals surface area contributed by atoms with Gasteiger partial charge < -0.3 is 9.72 Å². The number of ether oxygens (including phenoxy) is 1. The van der Waals surface area contributed by atoms with Gasteiger partial charge in [-0.25, -0.2) is 14.4 Å². The number of aromatic amines is 1. The molecule has 0 aliphatic rings. The minimum atomic E-state index is -0.451. The predicted octanol–water partition coefficient (Wildman–Crippen LogP) is 3.86. The van der Waals surface area contributed by atoms with Crippen molar-refractivity contribution >= 4 is 11.0 Å². The zero-order valence-corrected chi connectivity index (χ0v) is 15.9. The van der Waals surface area contributed by atoms with Crippen LogP contribution >= 0.6 is 0 Å². The minimum Gasteiger partial charge on any atom is -0.479 e. The number of nitrogens with zero attached hydrogens (tertiary/aromatic N) is 3. The van der Waals surface area contributed by atoms with E-state index in [2.05, 4.69) is 31.9 Å². The highest BCUT2D eigenvalue weighted by molar-refractivity contribution is 5.86. The first-order valence-electron chi connectivity index (χ1n) is 9.21. The smallest absolute Gasteiger partial charge is 0.250 e. The Labute approximate surface area is 168 Å². The molecule has 0 aliphatic heterocycles. The second-order valence-corrected chi connectivity index (χ2v) is 6.71. The van der Waals surface area contributed by atoms with Crippen molar-refractivity contribution in [2.24, 2.45) is 0 Å². The lowest BCUT2D eigenvalue weighted by Gasteiger charge is -2.06. The van der Waals surface area contributed by atoms with Crippen LogP contribution in [0.1, 0.15) is 27.9 Å². The van der Waals surface area contributed by atoms with Crippen LogP contribution in [0.2, 0.25) is 0 Å². The van der Waals surface area contributed by atoms with Crippen molar-refractivity contribution in [2.45, 2.75) is 19.3 Å². The van der Waals surface area contributed by atoms with Gasteiger partial charge in [0.15, 0.2) is 5.82 Å². The summed E-state index contributed by atoms with van der Waals surface area (Å²) >= 11 is 0. The monoisotopic (exact) mass is 386 g/mol. The molecule has 0 unspecified atom stereocenters. The zero-order chi connectivity index (χ0) is 20.2. The highest BCUT2D eigenvalue weighted by Crippen LogP contribution is 2.23. The molecule has 0 aromatic carbocycles. The van der Waals surface area contributed by atoms with Crippen LogP contribution in [0.5, 0.6) is 5.88 Å². The van der Waals surface area contributed by atoms with Crippen molar-refractivity contribution in [3.05, 3.63) is 82.8 Å². The lowest BCUT2D eigenvalue weighted by Crippen LogP contribution is -1.99. The Kier molecular flexibility index (Phi) is 5.21. The van der Waals surface area contributed by atoms with E-state index in [-0.39, 0.29) is 5.88 Å². The van der Waals surface area contributed by atoms with Crippen LogP contribution < -0.4 is 4.74 Å². The molecule has 0 fully saturated rings. The van der Waals surface area contributed by atoms with Crippen LogP contribution in [-0.4, -0.2) is 27.0 Å². The molecule has 144 valence electrons. The van der Waals surface area contributed by atoms with Gasteiger partial charge in [-0.1, -0.05) is 12.0 Å². The number of aryl methyl sites for hydroxylation is 2. The Hall–Kier alpha value is -3.72. The Morgan fingerprint density at radius 2 is 1.97 bits per heavy atom. The number of halogens is 1. The van der Waals surface area contributed by atoms with Crippen molar-refractivity contribution in [1.82, 2.24) is 19.9 Å². The van der Waals surface area contributed by atoms with E-state index < -0.39 is 5.82 Å². The third-order valence-corrected chi connectivity index (χ3v) is 4.82. The summed E-state index contributed by atoms with van der Waals surface area (Å²) in [5.74, 6) is 2.28. The average molecular weight is 386 g/mol. The summed E-state index contributed by atoms with van der Waals surface area (Å²) in [7, 11) is 1.40. The topological polar surface area (TPSA) is 63.7 Å². The Morgan fingerprint density at radius 3 is 2.69 bits per heavy atom. The van der Waals surface area contributed by atoms with Crippen LogP contribution in [0.15, 0.2) is 49.1 Å². The van der Waals surface area contributed by atoms with E-state index >= 15 is 0 Å². The number of terminal acetylenes is 1. The number of nitrogens with one attached hydrogen (secondary N) is 1. The molecule has 1 N–H and O–H groups in total. The zero-order valence-electron chi connectivity index (χ0n) is 15.9. The normalized spacial score (nSPS) is 10.8. The summed E-state index contributed by atoms with van der Waals surface area (Å²) in [6, 6.07) is 7.35. The molecule has 29 heavy (non-hydrogen) atoms. The number of pyridine rings is 3. The number of hydrogen-bond acceptors (Lipinski definition) is 4. The van der Waals surface area contributed by atoms with E-state index in [1.165, 1.54) is 13.2 Å². The number of hydrogen-bond donors (Lipinski definition) is 1. The van der Waals surface area contributed by atoms with Crippen LogP contribution in [0.3, 0.4) is 0 Å². The standard InChI is InChI=1S/C23H19FN4O/c1-3-17-8-9-25-22-21(17)18(14-27-22)10-15-4-6-19(26-12-15)7-5-16-11-20(24)23(29-2)28-13-16/h1,4,6,8-9,11-14H,5,7,10H2,2H3,(H,25,27). The lowest BCUT2D eigenvalue weighted by molar-refractivity contribution is 0.368. The van der Waals surface area contributed by atoms with Gasteiger partial charge in [-0.15, -0.1) is 6.42 Å². The molecule has 0 amide bonds. The quantitative estimate of drug-likeness (QED) is 0.511. The van der Waals surface area contributed by atoms with Gasteiger partial charge in [0.05, 0.1) is 7.11 Å². The first-order valence-corrected chi connectivity index (χ1v) is 9.21. The molecule has 4 rings (SSSR count). The summed E-state index contributed by atoms with van der Waals surface area (Å²) in [5, 5.41) is 0.980. The number of methoxy groups -OCH3 is 1. The number of fused-ring (bicyclic) bond motifs is 1. The van der Waals surface area contributed by atoms with Crippen molar-refractivity contribution in [3.63, 3.8) is 0 Å². The summed E-state index contributed by atoms with van der Waals surface area (Å²) < 4.78 is 18.6. The molecule has 0 saturated carbocycles. The fourth-order valence-corrected chi connectivity index (χ4v) is 3.34. The summed E-state index contributed by atoms with van der Waals surface area (Å²) in [6.45, 7) is 0. The SMILES string of the molecule is C#Cc1ccnc2[nH]cc(Cc3ccc(CCc4cnc(OC)c(F)c4)nc3)c12. The van der Waals surface area contributed by atoms with Crippen LogP contribution in [-0.2, 0) is 19.3 Å². The van der Waals surface area contributed by atoms with E-state index in [0.717, 1.165) is 39.0 Å². The van der Waals surface area contributed by atoms with Gasteiger partial charge in [-0.3, -0.25) is 4.98 Å². The molecular formula is C23H19FN4O. The van der Waals surface area contributed by atoms with E-state index in [0.29, 0.717) is 19.3 Å². The third-order valence-electron chi connectivity index (χ3n) is 4.82. The van der Waals surface area contributed by atoms with Gasteiger partial charge in [0, 0.05) is 47.9 Å². The van der Waals surface area contributed by atoms with Gasteiger partial charge >= 0.3 is 0 Å². The Morgan fingerprint density at radius 1 is 1.10 bits per heavy atom. The molecule has 4 aromatic rings. The predicted molar refractivity (Wildman–Crippen MR) is 109 cm³/mol. The molecule has 0 saturated heterocycles. The molecule has 0 bridgehead atoms. The maximum Gasteiger partial charge on any atom is 0.250 e. The first kappa shape index (κ1) is 18.6. The molecule has 0 radical (unpaired) electrons. The van der Waals surface area contributed by atoms with E-state index in [9.17, 15) is 4.39 Å². The minimum absolute atomic E-state index is 0.0108. The van der Waals surface area contributed by atoms with Gasteiger partial charge in [0.2, 0.25) is 5.88 Å². The Bertz CT molecular complexity index is 1190. The number of aromatic nitrogens is 4. The average Bonchev–Trinajstić information content (AvgIpc) is 3.16. The first-order chi connectivity index (χ1) is 14.2. The maximum atomic E-state index is 13.8. The molecule has 0 atom stereocenters. The van der Waals surface area contributed by atoms with E-state index in [1.807, 2.05) is 24.5 Å². The highest BCUT2D eigenvalue weighted by Gasteiger charge is 2.10. The largest absolute Gasteiger partial charge is 0.479 e. The summed E-state index contributed by atoms with van der Waals surface area (Å²) in [5.41, 5.74) is 5.54. The lowest BCUT2D eigenvalue weighted by atomic mass is 10.0. The van der Waals surface area contributed by atoms with Crippen molar-refractivity contribution in [1.29, 1.82) is 0 Å². The van der Waals surface area contributed by atoms with Crippen molar-refractivity contribution in [3.8, 4) is 18.2 Å². The molecule has 0 spiro atoms. The molecular weight excluding hydrogens is 367 g/mol. The van der Waals surface area contributed by atoms with Crippen molar-refractivity contribution in [2.75, 3.05) is 7.11 Å². The van der Waals surface area contributed by atoms with Gasteiger partial charge in [0.25, 0.3) is 0 Å². The second-order valence-electron chi connectivity index (χ2n) is 6.71. The van der Waals surface area contributed by atoms with Crippen LogP contribution in [0, 0.1) is 18.2 Å². The van der Waals surface area contributed by atoms with Gasteiger partial charge in [0.1, 0.15) is 5.65 Å². The molecule has 4 aromatic heterocycles. The molecule has 0 aliphatic carbocycles. The Balaban J connectivity index is 1.45. The van der Waals surface area contributed by atoms with Gasteiger partial charge in [-0.05, 0) is 47.7 Å². The second kappa shape index (κ2) is 8.11. The summed E-state index contributed by atoms with van der Waals surface area (Å²) in [6.07, 6.45) is 14.8. The third kappa shape index (κ3) is 3.94. The van der Waals surface area contributed by atoms with Crippen LogP contribution in [0.25, 0.3) is 11.0 Å². The molecule has 4 heterocycles. The number of H-pyrrole nitrogens is 1. The summed E-state index contributed by atoms with van der Waals surface area (Å²) in [4.78, 5) is 16.0. The fraction of sp³-hybridized carbons (Fsp3) is 0.174. The molecule has 6 heteroatoms. The molecule has 5 nitrogen and oxygen atoms in total. The van der Waals surface area contributed by atoms with E-state index in [1.54, 1.807) is 12.4 Å².